The number of carbonyl (C=O) groups excluding carboxylic acids is 2. The van der Waals surface area contributed by atoms with E-state index in [4.69, 9.17) is 23.2 Å². The van der Waals surface area contributed by atoms with Crippen LogP contribution in [-0.2, 0) is 26.2 Å². The standard InChI is InChI=1S/C29H33Cl2N3O4S/c1-5-21(3)32-29(36)22(4)33(18-23-9-7-6-8-10-23)28(35)19-34(27-17-24(30)13-16-26(27)31)39(37,38)25-14-11-20(2)12-15-25/h6-17,21-22H,5,18-19H2,1-4H3,(H,32,36)/t21-,22+/m1/s1. The summed E-state index contributed by atoms with van der Waals surface area (Å²) in [6.45, 7) is 6.82. The third-order valence-corrected chi connectivity index (χ3v) is 8.76. The van der Waals surface area contributed by atoms with Crippen molar-refractivity contribution in [1.82, 2.24) is 10.2 Å². The van der Waals surface area contributed by atoms with Crippen LogP contribution < -0.4 is 9.62 Å². The van der Waals surface area contributed by atoms with Crippen LogP contribution in [0.3, 0.4) is 0 Å². The van der Waals surface area contributed by atoms with Crippen LogP contribution in [0.4, 0.5) is 5.69 Å². The van der Waals surface area contributed by atoms with Crippen molar-refractivity contribution in [2.75, 3.05) is 10.8 Å². The first-order valence-electron chi connectivity index (χ1n) is 12.6. The van der Waals surface area contributed by atoms with Gasteiger partial charge in [-0.3, -0.25) is 13.9 Å². The molecule has 208 valence electrons. The van der Waals surface area contributed by atoms with Gasteiger partial charge in [0.25, 0.3) is 10.0 Å². The number of carbonyl (C=O) groups is 2. The molecule has 0 fully saturated rings. The van der Waals surface area contributed by atoms with E-state index in [-0.39, 0.29) is 39.1 Å². The number of sulfonamides is 1. The maximum atomic E-state index is 13.9. The molecule has 0 saturated carbocycles. The normalized spacial score (nSPS) is 12.9. The lowest BCUT2D eigenvalue weighted by atomic mass is 10.1. The molecule has 3 rings (SSSR count). The highest BCUT2D eigenvalue weighted by Gasteiger charge is 2.33. The Hall–Kier alpha value is -3.07. The molecule has 1 N–H and O–H groups in total. The summed E-state index contributed by atoms with van der Waals surface area (Å²) in [7, 11) is -4.24. The highest BCUT2D eigenvalue weighted by molar-refractivity contribution is 7.92. The quantitative estimate of drug-likeness (QED) is 0.305. The van der Waals surface area contributed by atoms with Gasteiger partial charge < -0.3 is 10.2 Å². The second kappa shape index (κ2) is 13.3. The Morgan fingerprint density at radius 3 is 2.21 bits per heavy atom. The van der Waals surface area contributed by atoms with Crippen molar-refractivity contribution in [3.63, 3.8) is 0 Å². The maximum absolute atomic E-state index is 13.9. The van der Waals surface area contributed by atoms with Gasteiger partial charge in [0, 0.05) is 17.6 Å². The Kier molecular flexibility index (Phi) is 10.4. The van der Waals surface area contributed by atoms with Gasteiger partial charge in [-0.25, -0.2) is 8.42 Å². The Labute approximate surface area is 240 Å². The molecular weight excluding hydrogens is 557 g/mol. The van der Waals surface area contributed by atoms with Gasteiger partial charge in [-0.15, -0.1) is 0 Å². The number of nitrogens with zero attached hydrogens (tertiary/aromatic N) is 2. The van der Waals surface area contributed by atoms with Crippen molar-refractivity contribution >= 4 is 50.7 Å². The number of amides is 2. The maximum Gasteiger partial charge on any atom is 0.264 e. The average Bonchev–Trinajstić information content (AvgIpc) is 2.91. The molecule has 0 heterocycles. The van der Waals surface area contributed by atoms with E-state index in [9.17, 15) is 18.0 Å². The molecule has 3 aromatic carbocycles. The third-order valence-electron chi connectivity index (χ3n) is 6.43. The Balaban J connectivity index is 2.05. The number of hydrogen-bond donors (Lipinski definition) is 1. The lowest BCUT2D eigenvalue weighted by Gasteiger charge is -2.32. The fourth-order valence-electron chi connectivity index (χ4n) is 3.86. The van der Waals surface area contributed by atoms with Crippen LogP contribution in [0.1, 0.15) is 38.3 Å². The molecule has 0 aliphatic rings. The number of halogens is 2. The smallest absolute Gasteiger partial charge is 0.264 e. The lowest BCUT2D eigenvalue weighted by Crippen LogP contribution is -2.52. The molecule has 0 aliphatic carbocycles. The molecule has 0 bridgehead atoms. The zero-order chi connectivity index (χ0) is 28.7. The van der Waals surface area contributed by atoms with E-state index in [2.05, 4.69) is 5.32 Å². The van der Waals surface area contributed by atoms with Crippen LogP contribution in [0, 0.1) is 6.92 Å². The van der Waals surface area contributed by atoms with Gasteiger partial charge in [0.05, 0.1) is 15.6 Å². The first-order chi connectivity index (χ1) is 18.4. The van der Waals surface area contributed by atoms with Gasteiger partial charge >= 0.3 is 0 Å². The molecule has 0 aliphatic heterocycles. The molecule has 0 unspecified atom stereocenters. The highest BCUT2D eigenvalue weighted by atomic mass is 35.5. The summed E-state index contributed by atoms with van der Waals surface area (Å²) in [4.78, 5) is 28.4. The lowest BCUT2D eigenvalue weighted by molar-refractivity contribution is -0.139. The second-order valence-electron chi connectivity index (χ2n) is 9.42. The molecule has 2 atom stereocenters. The molecular formula is C29H33Cl2N3O4S. The van der Waals surface area contributed by atoms with E-state index in [1.807, 2.05) is 51.1 Å². The van der Waals surface area contributed by atoms with Crippen LogP contribution >= 0.6 is 23.2 Å². The largest absolute Gasteiger partial charge is 0.352 e. The molecule has 10 heteroatoms. The fraction of sp³-hybridized carbons (Fsp3) is 0.310. The predicted molar refractivity (Wildman–Crippen MR) is 157 cm³/mol. The van der Waals surface area contributed by atoms with Crippen LogP contribution in [0.2, 0.25) is 10.0 Å². The average molecular weight is 591 g/mol. The Morgan fingerprint density at radius 1 is 0.949 bits per heavy atom. The first-order valence-corrected chi connectivity index (χ1v) is 14.8. The van der Waals surface area contributed by atoms with E-state index >= 15 is 0 Å². The zero-order valence-corrected chi connectivity index (χ0v) is 24.7. The minimum absolute atomic E-state index is 0.00545. The van der Waals surface area contributed by atoms with Crippen molar-refractivity contribution in [3.8, 4) is 0 Å². The number of benzene rings is 3. The van der Waals surface area contributed by atoms with Crippen LogP contribution in [0.5, 0.6) is 0 Å². The van der Waals surface area contributed by atoms with Gasteiger partial charge in [0.1, 0.15) is 12.6 Å². The van der Waals surface area contributed by atoms with E-state index in [0.717, 1.165) is 21.9 Å². The van der Waals surface area contributed by atoms with Crippen LogP contribution in [0.25, 0.3) is 0 Å². The first kappa shape index (κ1) is 30.5. The summed E-state index contributed by atoms with van der Waals surface area (Å²) < 4.78 is 28.7. The summed E-state index contributed by atoms with van der Waals surface area (Å²) in [5, 5.41) is 3.28. The minimum atomic E-state index is -4.24. The summed E-state index contributed by atoms with van der Waals surface area (Å²) in [5.41, 5.74) is 1.74. The van der Waals surface area contributed by atoms with E-state index < -0.39 is 28.5 Å². The third kappa shape index (κ3) is 7.75. The van der Waals surface area contributed by atoms with Gasteiger partial charge in [-0.05, 0) is 63.1 Å². The molecule has 0 saturated heterocycles. The topological polar surface area (TPSA) is 86.8 Å². The Morgan fingerprint density at radius 2 is 1.59 bits per heavy atom. The number of hydrogen-bond acceptors (Lipinski definition) is 4. The van der Waals surface area contributed by atoms with E-state index in [0.29, 0.717) is 0 Å². The molecule has 39 heavy (non-hydrogen) atoms. The van der Waals surface area contributed by atoms with Crippen molar-refractivity contribution in [1.29, 1.82) is 0 Å². The van der Waals surface area contributed by atoms with Crippen molar-refractivity contribution in [3.05, 3.63) is 94.0 Å². The number of rotatable bonds is 11. The summed E-state index contributed by atoms with van der Waals surface area (Å²) >= 11 is 12.6. The van der Waals surface area contributed by atoms with Crippen molar-refractivity contribution < 1.29 is 18.0 Å². The van der Waals surface area contributed by atoms with Gasteiger partial charge in [0.2, 0.25) is 11.8 Å². The molecule has 0 aromatic heterocycles. The van der Waals surface area contributed by atoms with Crippen molar-refractivity contribution in [2.45, 2.75) is 57.6 Å². The van der Waals surface area contributed by atoms with Crippen LogP contribution in [-0.4, -0.2) is 43.8 Å². The van der Waals surface area contributed by atoms with E-state index in [1.54, 1.807) is 19.1 Å². The fourth-order valence-corrected chi connectivity index (χ4v) is 5.72. The van der Waals surface area contributed by atoms with E-state index in [1.165, 1.54) is 35.2 Å². The monoisotopic (exact) mass is 589 g/mol. The summed E-state index contributed by atoms with van der Waals surface area (Å²) in [6.07, 6.45) is 0.723. The molecule has 2 amide bonds. The van der Waals surface area contributed by atoms with Crippen LogP contribution in [0.15, 0.2) is 77.7 Å². The molecule has 0 spiro atoms. The number of anilines is 1. The predicted octanol–water partition coefficient (Wildman–Crippen LogP) is 5.83. The molecule has 3 aromatic rings. The number of aryl methyl sites for hydroxylation is 1. The minimum Gasteiger partial charge on any atom is -0.352 e. The second-order valence-corrected chi connectivity index (χ2v) is 12.1. The molecule has 7 nitrogen and oxygen atoms in total. The van der Waals surface area contributed by atoms with Gasteiger partial charge in [-0.1, -0.05) is 78.2 Å². The zero-order valence-electron chi connectivity index (χ0n) is 22.4. The summed E-state index contributed by atoms with van der Waals surface area (Å²) in [6, 6.07) is 19.0. The number of nitrogens with one attached hydrogen (secondary N) is 1. The highest BCUT2D eigenvalue weighted by Crippen LogP contribution is 2.33. The SMILES string of the molecule is CC[C@@H](C)NC(=O)[C@H](C)N(Cc1ccccc1)C(=O)CN(c1cc(Cl)ccc1Cl)S(=O)(=O)c1ccc(C)cc1. The summed E-state index contributed by atoms with van der Waals surface area (Å²) in [5.74, 6) is -0.903. The Bertz CT molecular complexity index is 1400. The van der Waals surface area contributed by atoms with Gasteiger partial charge in [-0.2, -0.15) is 0 Å². The molecule has 0 radical (unpaired) electrons. The van der Waals surface area contributed by atoms with Crippen molar-refractivity contribution in [2.24, 2.45) is 0 Å². The van der Waals surface area contributed by atoms with Gasteiger partial charge in [0.15, 0.2) is 0 Å².